The second kappa shape index (κ2) is 5.80. The topological polar surface area (TPSA) is 40.5 Å². The van der Waals surface area contributed by atoms with Gasteiger partial charge in [-0.1, -0.05) is 6.42 Å². The summed E-state index contributed by atoms with van der Waals surface area (Å²) in [4.78, 5) is 13.8. The van der Waals surface area contributed by atoms with Crippen LogP contribution >= 0.6 is 0 Å². The van der Waals surface area contributed by atoms with E-state index in [1.165, 1.54) is 25.7 Å². The van der Waals surface area contributed by atoms with Crippen LogP contribution < -0.4 is 0 Å². The van der Waals surface area contributed by atoms with Gasteiger partial charge in [-0.3, -0.25) is 4.79 Å². The van der Waals surface area contributed by atoms with Crippen molar-refractivity contribution < 1.29 is 9.90 Å². The minimum absolute atomic E-state index is 0.0482. The fraction of sp³-hybridized carbons (Fsp3) is 0.611. The van der Waals surface area contributed by atoms with Crippen molar-refractivity contribution in [1.82, 2.24) is 4.90 Å². The van der Waals surface area contributed by atoms with E-state index in [1.807, 2.05) is 6.07 Å². The molecule has 2 aliphatic rings. The van der Waals surface area contributed by atoms with Crippen LogP contribution in [0.1, 0.15) is 48.5 Å². The number of phenolic OH excluding ortho intramolecular Hbond substituents is 1. The summed E-state index contributed by atoms with van der Waals surface area (Å²) in [5.74, 6) is 3.07. The second-order valence-electron chi connectivity index (χ2n) is 7.03. The van der Waals surface area contributed by atoms with Gasteiger partial charge in [0.2, 0.25) is 0 Å². The summed E-state index contributed by atoms with van der Waals surface area (Å²) in [5.41, 5.74) is 1.53. The Balaban J connectivity index is 1.63. The lowest BCUT2D eigenvalue weighted by Gasteiger charge is -2.27. The van der Waals surface area contributed by atoms with Crippen LogP contribution in [0.5, 0.6) is 5.75 Å². The van der Waals surface area contributed by atoms with Crippen LogP contribution in [-0.2, 0) is 6.54 Å². The number of phenols is 1. The largest absolute Gasteiger partial charge is 0.508 e. The Kier molecular flexibility index (Phi) is 4.03. The molecule has 0 spiro atoms. The highest BCUT2D eigenvalue weighted by Gasteiger charge is 2.39. The first-order valence-electron chi connectivity index (χ1n) is 8.04. The lowest BCUT2D eigenvalue weighted by molar-refractivity contribution is 0.101. The number of ketones is 1. The minimum atomic E-state index is 0.0482. The maximum Gasteiger partial charge on any atom is 0.159 e. The number of benzene rings is 1. The van der Waals surface area contributed by atoms with Gasteiger partial charge in [-0.15, -0.1) is 0 Å². The van der Waals surface area contributed by atoms with Gasteiger partial charge in [-0.2, -0.15) is 0 Å². The number of carbonyl (C=O) groups excluding carboxylic acids is 1. The van der Waals surface area contributed by atoms with Gasteiger partial charge in [-0.25, -0.2) is 0 Å². The van der Waals surface area contributed by atoms with Crippen molar-refractivity contribution in [3.05, 3.63) is 29.3 Å². The number of fused-ring (bicyclic) bond motifs is 2. The SMILES string of the molecule is CC(=O)c1ccc(O)c(CN(C)CC2CC3CCC2C3)c1. The molecule has 0 heterocycles. The van der Waals surface area contributed by atoms with E-state index in [2.05, 4.69) is 11.9 Å². The summed E-state index contributed by atoms with van der Waals surface area (Å²) >= 11 is 0. The Morgan fingerprint density at radius 1 is 1.33 bits per heavy atom. The number of aromatic hydroxyl groups is 1. The summed E-state index contributed by atoms with van der Waals surface area (Å²) in [6.07, 6.45) is 5.67. The first-order valence-corrected chi connectivity index (χ1v) is 8.04. The fourth-order valence-electron chi connectivity index (χ4n) is 4.29. The predicted molar refractivity (Wildman–Crippen MR) is 83.4 cm³/mol. The molecule has 3 rings (SSSR count). The zero-order valence-corrected chi connectivity index (χ0v) is 13.0. The van der Waals surface area contributed by atoms with Crippen molar-refractivity contribution in [3.63, 3.8) is 0 Å². The standard InChI is InChI=1S/C18H25NO2/c1-12(20)14-5-6-18(21)17(9-14)11-19(2)10-16-8-13-3-4-15(16)7-13/h5-6,9,13,15-16,21H,3-4,7-8,10-11H2,1-2H3. The van der Waals surface area contributed by atoms with E-state index in [0.29, 0.717) is 17.9 Å². The molecule has 1 N–H and O–H groups in total. The molecule has 0 aromatic heterocycles. The smallest absolute Gasteiger partial charge is 0.159 e. The Labute approximate surface area is 127 Å². The minimum Gasteiger partial charge on any atom is -0.508 e. The van der Waals surface area contributed by atoms with Crippen molar-refractivity contribution >= 4 is 5.78 Å². The first kappa shape index (κ1) is 14.6. The van der Waals surface area contributed by atoms with E-state index in [0.717, 1.165) is 29.9 Å². The van der Waals surface area contributed by atoms with Crippen LogP contribution in [0.15, 0.2) is 18.2 Å². The van der Waals surface area contributed by atoms with Crippen LogP contribution in [0.3, 0.4) is 0 Å². The van der Waals surface area contributed by atoms with Gasteiger partial charge in [0.25, 0.3) is 0 Å². The third kappa shape index (κ3) is 3.13. The highest BCUT2D eigenvalue weighted by Crippen LogP contribution is 2.48. The van der Waals surface area contributed by atoms with Crippen LogP contribution in [0, 0.1) is 17.8 Å². The van der Waals surface area contributed by atoms with E-state index in [-0.39, 0.29) is 5.78 Å². The van der Waals surface area contributed by atoms with E-state index < -0.39 is 0 Å². The zero-order valence-electron chi connectivity index (χ0n) is 13.0. The summed E-state index contributed by atoms with van der Waals surface area (Å²) < 4.78 is 0. The molecule has 3 atom stereocenters. The average molecular weight is 287 g/mol. The molecule has 3 nitrogen and oxygen atoms in total. The molecule has 3 heteroatoms. The molecular formula is C18H25NO2. The normalized spacial score (nSPS) is 27.5. The number of hydrogen-bond acceptors (Lipinski definition) is 3. The third-order valence-corrected chi connectivity index (χ3v) is 5.36. The van der Waals surface area contributed by atoms with Gasteiger partial charge < -0.3 is 10.0 Å². The Bertz CT molecular complexity index is 540. The van der Waals surface area contributed by atoms with Crippen LogP contribution in [0.2, 0.25) is 0 Å². The molecule has 1 aromatic carbocycles. The Morgan fingerprint density at radius 2 is 2.14 bits per heavy atom. The molecule has 2 saturated carbocycles. The maximum atomic E-state index is 11.5. The van der Waals surface area contributed by atoms with Crippen molar-refractivity contribution in [2.24, 2.45) is 17.8 Å². The summed E-state index contributed by atoms with van der Waals surface area (Å²) in [6, 6.07) is 5.16. The van der Waals surface area contributed by atoms with Gasteiger partial charge in [0.15, 0.2) is 5.78 Å². The van der Waals surface area contributed by atoms with Gasteiger partial charge in [0.05, 0.1) is 0 Å². The highest BCUT2D eigenvalue weighted by atomic mass is 16.3. The first-order chi connectivity index (χ1) is 10.0. The van der Waals surface area contributed by atoms with Gasteiger partial charge in [-0.05, 0) is 69.2 Å². The lowest BCUT2D eigenvalue weighted by Crippen LogP contribution is -2.28. The Morgan fingerprint density at radius 3 is 2.76 bits per heavy atom. The van der Waals surface area contributed by atoms with Crippen LogP contribution in [-0.4, -0.2) is 29.4 Å². The average Bonchev–Trinajstić information content (AvgIpc) is 3.03. The van der Waals surface area contributed by atoms with Crippen molar-refractivity contribution in [1.29, 1.82) is 0 Å². The monoisotopic (exact) mass is 287 g/mol. The number of nitrogens with zero attached hydrogens (tertiary/aromatic N) is 1. The Hall–Kier alpha value is -1.35. The number of Topliss-reactive ketones (excluding diaryl/α,β-unsaturated/α-hetero) is 1. The molecule has 0 radical (unpaired) electrons. The number of hydrogen-bond donors (Lipinski definition) is 1. The molecule has 3 unspecified atom stereocenters. The van der Waals surface area contributed by atoms with Gasteiger partial charge in [0, 0.05) is 24.2 Å². The molecule has 2 fully saturated rings. The molecule has 21 heavy (non-hydrogen) atoms. The van der Waals surface area contributed by atoms with Crippen LogP contribution in [0.25, 0.3) is 0 Å². The summed E-state index contributed by atoms with van der Waals surface area (Å²) in [7, 11) is 2.12. The zero-order chi connectivity index (χ0) is 15.0. The molecule has 0 amide bonds. The molecule has 2 aliphatic carbocycles. The number of carbonyl (C=O) groups is 1. The van der Waals surface area contributed by atoms with Gasteiger partial charge >= 0.3 is 0 Å². The lowest BCUT2D eigenvalue weighted by atomic mass is 9.88. The molecular weight excluding hydrogens is 262 g/mol. The molecule has 0 aliphatic heterocycles. The van der Waals surface area contributed by atoms with E-state index in [9.17, 15) is 9.90 Å². The predicted octanol–water partition coefficient (Wildman–Crippen LogP) is 3.46. The van der Waals surface area contributed by atoms with Crippen molar-refractivity contribution in [2.45, 2.75) is 39.2 Å². The van der Waals surface area contributed by atoms with E-state index >= 15 is 0 Å². The molecule has 0 saturated heterocycles. The summed E-state index contributed by atoms with van der Waals surface area (Å²) in [6.45, 7) is 3.38. The van der Waals surface area contributed by atoms with E-state index in [1.54, 1.807) is 19.1 Å². The van der Waals surface area contributed by atoms with Crippen LogP contribution in [0.4, 0.5) is 0 Å². The number of rotatable bonds is 5. The summed E-state index contributed by atoms with van der Waals surface area (Å²) in [5, 5.41) is 9.99. The highest BCUT2D eigenvalue weighted by molar-refractivity contribution is 5.94. The quantitative estimate of drug-likeness (QED) is 0.843. The third-order valence-electron chi connectivity index (χ3n) is 5.36. The molecule has 114 valence electrons. The van der Waals surface area contributed by atoms with Crippen molar-refractivity contribution in [2.75, 3.05) is 13.6 Å². The second-order valence-corrected chi connectivity index (χ2v) is 7.03. The van der Waals surface area contributed by atoms with Crippen molar-refractivity contribution in [3.8, 4) is 5.75 Å². The molecule has 2 bridgehead atoms. The maximum absolute atomic E-state index is 11.5. The molecule has 1 aromatic rings. The fourth-order valence-corrected chi connectivity index (χ4v) is 4.29. The van der Waals surface area contributed by atoms with E-state index in [4.69, 9.17) is 0 Å². The van der Waals surface area contributed by atoms with Gasteiger partial charge in [0.1, 0.15) is 5.75 Å².